The lowest BCUT2D eigenvalue weighted by Gasteiger charge is -2.23. The highest BCUT2D eigenvalue weighted by molar-refractivity contribution is 5.94. The van der Waals surface area contributed by atoms with Crippen molar-refractivity contribution in [2.75, 3.05) is 13.6 Å². The second-order valence-electron chi connectivity index (χ2n) is 4.99. The van der Waals surface area contributed by atoms with Crippen LogP contribution in [0.2, 0.25) is 0 Å². The maximum Gasteiger partial charge on any atom is 0.251 e. The fourth-order valence-electron chi connectivity index (χ4n) is 1.83. The number of nitrogens with one attached hydrogen (secondary N) is 1. The average molecular weight is 276 g/mol. The van der Waals surface area contributed by atoms with Gasteiger partial charge in [-0.2, -0.15) is 0 Å². The van der Waals surface area contributed by atoms with Crippen molar-refractivity contribution in [3.05, 3.63) is 35.9 Å². The Labute approximate surface area is 121 Å². The summed E-state index contributed by atoms with van der Waals surface area (Å²) in [5.41, 5.74) is 0.649. The van der Waals surface area contributed by atoms with Crippen LogP contribution in [0.1, 0.15) is 43.5 Å². The van der Waals surface area contributed by atoms with Gasteiger partial charge in [-0.05, 0) is 31.9 Å². The van der Waals surface area contributed by atoms with Gasteiger partial charge in [-0.3, -0.25) is 9.59 Å². The highest BCUT2D eigenvalue weighted by Gasteiger charge is 2.13. The van der Waals surface area contributed by atoms with Crippen LogP contribution < -0.4 is 5.32 Å². The summed E-state index contributed by atoms with van der Waals surface area (Å²) in [7, 11) is 1.83. The minimum absolute atomic E-state index is 0.0895. The van der Waals surface area contributed by atoms with Crippen LogP contribution in [-0.4, -0.2) is 36.3 Å². The van der Waals surface area contributed by atoms with Gasteiger partial charge in [0.2, 0.25) is 5.91 Å². The maximum absolute atomic E-state index is 11.9. The number of hydrogen-bond donors (Lipinski definition) is 1. The first kappa shape index (κ1) is 16.2. The molecule has 0 aromatic heterocycles. The Morgan fingerprint density at radius 3 is 2.50 bits per heavy atom. The molecule has 1 unspecified atom stereocenters. The predicted molar refractivity (Wildman–Crippen MR) is 80.5 cm³/mol. The third kappa shape index (κ3) is 5.03. The van der Waals surface area contributed by atoms with Crippen molar-refractivity contribution < 1.29 is 9.59 Å². The molecule has 0 saturated carbocycles. The van der Waals surface area contributed by atoms with E-state index in [0.29, 0.717) is 24.9 Å². The monoisotopic (exact) mass is 276 g/mol. The third-order valence-corrected chi connectivity index (χ3v) is 3.53. The topological polar surface area (TPSA) is 49.4 Å². The molecule has 1 atom stereocenters. The second kappa shape index (κ2) is 8.35. The van der Waals surface area contributed by atoms with Gasteiger partial charge in [-0.25, -0.2) is 0 Å². The number of nitrogens with zero attached hydrogens (tertiary/aromatic N) is 1. The summed E-state index contributed by atoms with van der Waals surface area (Å²) in [6, 6.07) is 9.36. The Bertz CT molecular complexity index is 431. The van der Waals surface area contributed by atoms with E-state index in [9.17, 15) is 9.59 Å². The van der Waals surface area contributed by atoms with Crippen LogP contribution in [0.4, 0.5) is 0 Å². The molecule has 0 heterocycles. The molecule has 2 amide bonds. The van der Waals surface area contributed by atoms with Crippen molar-refractivity contribution in [1.29, 1.82) is 0 Å². The minimum Gasteiger partial charge on any atom is -0.352 e. The number of hydrogen-bond acceptors (Lipinski definition) is 2. The Kier molecular flexibility index (Phi) is 6.77. The Morgan fingerprint density at radius 2 is 1.90 bits per heavy atom. The van der Waals surface area contributed by atoms with Gasteiger partial charge in [0.05, 0.1) is 0 Å². The Morgan fingerprint density at radius 1 is 1.25 bits per heavy atom. The first-order valence-corrected chi connectivity index (χ1v) is 7.15. The summed E-state index contributed by atoms with van der Waals surface area (Å²) in [6.07, 6.45) is 2.08. The van der Waals surface area contributed by atoms with Crippen LogP contribution in [-0.2, 0) is 4.79 Å². The predicted octanol–water partition coefficient (Wildman–Crippen LogP) is 2.45. The standard InChI is InChI=1S/C16H24N2O2/c1-4-13(2)18(3)15(19)11-8-12-17-16(20)14-9-6-5-7-10-14/h5-7,9-10,13H,4,8,11-12H2,1-3H3,(H,17,20). The summed E-state index contributed by atoms with van der Waals surface area (Å²) in [5, 5.41) is 2.83. The van der Waals surface area contributed by atoms with Crippen LogP contribution in [0, 0.1) is 0 Å². The lowest BCUT2D eigenvalue weighted by atomic mass is 10.2. The molecule has 0 aliphatic heterocycles. The van der Waals surface area contributed by atoms with Crippen LogP contribution in [0.5, 0.6) is 0 Å². The van der Waals surface area contributed by atoms with E-state index in [2.05, 4.69) is 12.2 Å². The lowest BCUT2D eigenvalue weighted by molar-refractivity contribution is -0.131. The van der Waals surface area contributed by atoms with Crippen molar-refractivity contribution in [3.63, 3.8) is 0 Å². The van der Waals surface area contributed by atoms with Crippen molar-refractivity contribution in [2.45, 2.75) is 39.2 Å². The summed E-state index contributed by atoms with van der Waals surface area (Å²) in [4.78, 5) is 25.4. The number of carbonyl (C=O) groups is 2. The second-order valence-corrected chi connectivity index (χ2v) is 4.99. The first-order valence-electron chi connectivity index (χ1n) is 7.15. The van der Waals surface area contributed by atoms with Crippen LogP contribution in [0.25, 0.3) is 0 Å². The van der Waals surface area contributed by atoms with E-state index in [4.69, 9.17) is 0 Å². The quantitative estimate of drug-likeness (QED) is 0.778. The number of rotatable bonds is 7. The molecule has 4 heteroatoms. The van der Waals surface area contributed by atoms with Crippen molar-refractivity contribution in [2.24, 2.45) is 0 Å². The van der Waals surface area contributed by atoms with E-state index in [1.165, 1.54) is 0 Å². The highest BCUT2D eigenvalue weighted by atomic mass is 16.2. The van der Waals surface area contributed by atoms with Crippen LogP contribution in [0.15, 0.2) is 30.3 Å². The molecule has 0 bridgehead atoms. The van der Waals surface area contributed by atoms with Gasteiger partial charge >= 0.3 is 0 Å². The summed E-state index contributed by atoms with van der Waals surface area (Å²) >= 11 is 0. The molecule has 1 aromatic rings. The van der Waals surface area contributed by atoms with Gasteiger partial charge in [-0.15, -0.1) is 0 Å². The zero-order valence-electron chi connectivity index (χ0n) is 12.6. The normalized spacial score (nSPS) is 11.8. The molecule has 1 aromatic carbocycles. The Hall–Kier alpha value is -1.84. The molecule has 0 aliphatic carbocycles. The molecular weight excluding hydrogens is 252 g/mol. The van der Waals surface area contributed by atoms with Crippen molar-refractivity contribution >= 4 is 11.8 Å². The van der Waals surface area contributed by atoms with E-state index < -0.39 is 0 Å². The van der Waals surface area contributed by atoms with Crippen LogP contribution in [0.3, 0.4) is 0 Å². The highest BCUT2D eigenvalue weighted by Crippen LogP contribution is 2.04. The van der Waals surface area contributed by atoms with Gasteiger partial charge in [0.25, 0.3) is 5.91 Å². The van der Waals surface area contributed by atoms with Gasteiger partial charge in [-0.1, -0.05) is 25.1 Å². The largest absolute Gasteiger partial charge is 0.352 e. The number of benzene rings is 1. The van der Waals surface area contributed by atoms with Crippen LogP contribution >= 0.6 is 0 Å². The molecule has 1 N–H and O–H groups in total. The molecule has 0 spiro atoms. The molecule has 4 nitrogen and oxygen atoms in total. The summed E-state index contributed by atoms with van der Waals surface area (Å²) in [6.45, 7) is 4.62. The number of amides is 2. The molecular formula is C16H24N2O2. The van der Waals surface area contributed by atoms with Gasteiger partial charge in [0, 0.05) is 31.6 Å². The van der Waals surface area contributed by atoms with Gasteiger partial charge in [0.15, 0.2) is 0 Å². The molecule has 0 aliphatic rings. The molecule has 0 fully saturated rings. The lowest BCUT2D eigenvalue weighted by Crippen LogP contribution is -2.35. The zero-order valence-corrected chi connectivity index (χ0v) is 12.6. The summed E-state index contributed by atoms with van der Waals surface area (Å²) < 4.78 is 0. The SMILES string of the molecule is CCC(C)N(C)C(=O)CCCNC(=O)c1ccccc1. The summed E-state index contributed by atoms with van der Waals surface area (Å²) in [5.74, 6) is 0.0432. The molecule has 0 saturated heterocycles. The van der Waals surface area contributed by atoms with E-state index in [1.54, 1.807) is 17.0 Å². The third-order valence-electron chi connectivity index (χ3n) is 3.53. The fourth-order valence-corrected chi connectivity index (χ4v) is 1.83. The Balaban J connectivity index is 2.25. The van der Waals surface area contributed by atoms with Gasteiger partial charge in [0.1, 0.15) is 0 Å². The first-order chi connectivity index (χ1) is 9.56. The van der Waals surface area contributed by atoms with Gasteiger partial charge < -0.3 is 10.2 Å². The van der Waals surface area contributed by atoms with E-state index in [0.717, 1.165) is 6.42 Å². The van der Waals surface area contributed by atoms with E-state index in [-0.39, 0.29) is 17.9 Å². The zero-order chi connectivity index (χ0) is 15.0. The smallest absolute Gasteiger partial charge is 0.251 e. The van der Waals surface area contributed by atoms with E-state index >= 15 is 0 Å². The molecule has 1 rings (SSSR count). The maximum atomic E-state index is 11.9. The molecule has 0 radical (unpaired) electrons. The van der Waals surface area contributed by atoms with Crippen molar-refractivity contribution in [1.82, 2.24) is 10.2 Å². The van der Waals surface area contributed by atoms with E-state index in [1.807, 2.05) is 32.2 Å². The minimum atomic E-state index is -0.0895. The average Bonchev–Trinajstić information content (AvgIpc) is 2.50. The molecule has 20 heavy (non-hydrogen) atoms. The molecule has 110 valence electrons. The fraction of sp³-hybridized carbons (Fsp3) is 0.500. The number of carbonyl (C=O) groups excluding carboxylic acids is 2. The van der Waals surface area contributed by atoms with Crippen molar-refractivity contribution in [3.8, 4) is 0 Å².